The molecule has 0 saturated carbocycles. The summed E-state index contributed by atoms with van der Waals surface area (Å²) >= 11 is 0. The summed E-state index contributed by atoms with van der Waals surface area (Å²) in [6, 6.07) is 16.2. The molecule has 7 nitrogen and oxygen atoms in total. The fourth-order valence-corrected chi connectivity index (χ4v) is 5.92. The van der Waals surface area contributed by atoms with Gasteiger partial charge in [-0.15, -0.1) is 0 Å². The van der Waals surface area contributed by atoms with Crippen LogP contribution in [0.1, 0.15) is 28.8 Å². The van der Waals surface area contributed by atoms with Crippen LogP contribution in [0.3, 0.4) is 0 Å². The molecule has 2 aliphatic rings. The Morgan fingerprint density at radius 1 is 0.941 bits per heavy atom. The van der Waals surface area contributed by atoms with Crippen molar-refractivity contribution in [3.8, 4) is 0 Å². The fourth-order valence-electron chi connectivity index (χ4n) is 4.40. The first-order valence-corrected chi connectivity index (χ1v) is 13.0. The number of hydrogen-bond acceptors (Lipinski definition) is 6. The highest BCUT2D eigenvalue weighted by atomic mass is 32.2. The van der Waals surface area contributed by atoms with Gasteiger partial charge in [-0.25, -0.2) is 13.4 Å². The number of benzene rings is 2. The smallest absolute Gasteiger partial charge is 0.243 e. The summed E-state index contributed by atoms with van der Waals surface area (Å²) in [7, 11) is -3.50. The number of ketones is 1. The molecular formula is C26H27N3O4S. The number of aromatic nitrogens is 1. The van der Waals surface area contributed by atoms with Crippen molar-refractivity contribution in [2.24, 2.45) is 0 Å². The Balaban J connectivity index is 1.40. The monoisotopic (exact) mass is 477 g/mol. The second-order valence-corrected chi connectivity index (χ2v) is 10.5. The van der Waals surface area contributed by atoms with Gasteiger partial charge in [-0.3, -0.25) is 4.79 Å². The van der Waals surface area contributed by atoms with Crippen molar-refractivity contribution < 1.29 is 17.9 Å². The zero-order chi connectivity index (χ0) is 23.5. The van der Waals surface area contributed by atoms with Crippen LogP contribution in [0, 0.1) is 0 Å². The maximum atomic E-state index is 12.9. The van der Waals surface area contributed by atoms with Gasteiger partial charge in [0.25, 0.3) is 0 Å². The van der Waals surface area contributed by atoms with Crippen molar-refractivity contribution in [2.45, 2.75) is 17.7 Å². The van der Waals surface area contributed by atoms with E-state index in [0.29, 0.717) is 31.9 Å². The maximum absolute atomic E-state index is 12.9. The number of carbonyl (C=O) groups is 1. The van der Waals surface area contributed by atoms with E-state index in [-0.39, 0.29) is 10.7 Å². The lowest BCUT2D eigenvalue weighted by Gasteiger charge is -2.29. The predicted molar refractivity (Wildman–Crippen MR) is 133 cm³/mol. The number of sulfonamides is 1. The summed E-state index contributed by atoms with van der Waals surface area (Å²) < 4.78 is 32.4. The Morgan fingerprint density at radius 2 is 1.65 bits per heavy atom. The van der Waals surface area contributed by atoms with Gasteiger partial charge in [-0.05, 0) is 61.4 Å². The van der Waals surface area contributed by atoms with Crippen LogP contribution in [-0.4, -0.2) is 62.9 Å². The summed E-state index contributed by atoms with van der Waals surface area (Å²) in [5.41, 5.74) is 2.21. The van der Waals surface area contributed by atoms with Gasteiger partial charge in [-0.1, -0.05) is 18.2 Å². The molecule has 0 N–H and O–H groups in total. The second kappa shape index (κ2) is 9.66. The summed E-state index contributed by atoms with van der Waals surface area (Å²) in [5, 5.41) is 1.00. The summed E-state index contributed by atoms with van der Waals surface area (Å²) in [6.45, 7) is 3.88. The number of rotatable bonds is 6. The third-order valence-corrected chi connectivity index (χ3v) is 8.21. The minimum atomic E-state index is -3.50. The maximum Gasteiger partial charge on any atom is 0.243 e. The predicted octanol–water partition coefficient (Wildman–Crippen LogP) is 3.75. The first-order valence-electron chi connectivity index (χ1n) is 11.6. The molecule has 2 fully saturated rings. The molecule has 1 aromatic heterocycles. The van der Waals surface area contributed by atoms with Crippen molar-refractivity contribution in [1.82, 2.24) is 9.29 Å². The zero-order valence-electron chi connectivity index (χ0n) is 18.9. The number of morpholine rings is 1. The van der Waals surface area contributed by atoms with Crippen molar-refractivity contribution in [2.75, 3.05) is 44.3 Å². The molecule has 2 aliphatic heterocycles. The van der Waals surface area contributed by atoms with Gasteiger partial charge in [0.2, 0.25) is 10.0 Å². The lowest BCUT2D eigenvalue weighted by atomic mass is 10.1. The number of para-hydroxylation sites is 1. The number of carbonyl (C=O) groups excluding carboxylic acids is 1. The van der Waals surface area contributed by atoms with Gasteiger partial charge in [0.05, 0.1) is 23.6 Å². The van der Waals surface area contributed by atoms with Gasteiger partial charge in [0.15, 0.2) is 5.78 Å². The molecule has 2 aromatic carbocycles. The van der Waals surface area contributed by atoms with E-state index in [4.69, 9.17) is 9.72 Å². The number of anilines is 1. The second-order valence-electron chi connectivity index (χ2n) is 8.53. The molecule has 8 heteroatoms. The number of allylic oxidation sites excluding steroid dienone is 1. The van der Waals surface area contributed by atoms with E-state index in [1.165, 1.54) is 22.5 Å². The van der Waals surface area contributed by atoms with E-state index >= 15 is 0 Å². The number of nitrogens with zero attached hydrogens (tertiary/aromatic N) is 3. The Bertz CT molecular complexity index is 1320. The standard InChI is InChI=1S/C26H27N3O4S/c30-25(20-7-10-23(11-8-20)34(31,32)29-13-3-4-14-29)12-9-22-19-21-5-1-2-6-24(21)27-26(22)28-15-17-33-18-16-28/h1-2,5-12,19H,3-4,13-18H2. The molecule has 0 unspecified atom stereocenters. The minimum Gasteiger partial charge on any atom is -0.378 e. The zero-order valence-corrected chi connectivity index (χ0v) is 19.7. The minimum absolute atomic E-state index is 0.189. The van der Waals surface area contributed by atoms with E-state index in [0.717, 1.165) is 48.2 Å². The Morgan fingerprint density at radius 3 is 2.38 bits per heavy atom. The lowest BCUT2D eigenvalue weighted by Crippen LogP contribution is -2.37. The number of pyridine rings is 1. The number of hydrogen-bond donors (Lipinski definition) is 0. The van der Waals surface area contributed by atoms with Crippen LogP contribution in [0.5, 0.6) is 0 Å². The third kappa shape index (κ3) is 4.61. The Kier molecular flexibility index (Phi) is 6.45. The molecule has 176 valence electrons. The molecule has 3 aromatic rings. The highest BCUT2D eigenvalue weighted by Gasteiger charge is 2.27. The van der Waals surface area contributed by atoms with E-state index in [1.807, 2.05) is 30.3 Å². The van der Waals surface area contributed by atoms with E-state index in [9.17, 15) is 13.2 Å². The van der Waals surface area contributed by atoms with E-state index in [2.05, 4.69) is 4.90 Å². The van der Waals surface area contributed by atoms with Crippen LogP contribution >= 0.6 is 0 Å². The number of fused-ring (bicyclic) bond motifs is 1. The highest BCUT2D eigenvalue weighted by Crippen LogP contribution is 2.26. The average molecular weight is 478 g/mol. The van der Waals surface area contributed by atoms with Crippen molar-refractivity contribution in [3.63, 3.8) is 0 Å². The van der Waals surface area contributed by atoms with Crippen molar-refractivity contribution in [3.05, 3.63) is 71.8 Å². The SMILES string of the molecule is O=C(C=Cc1cc2ccccc2nc1N1CCOCC1)c1ccc(S(=O)(=O)N2CCCC2)cc1. The molecule has 0 radical (unpaired) electrons. The molecule has 5 rings (SSSR count). The molecule has 0 spiro atoms. The molecule has 0 amide bonds. The molecule has 0 aliphatic carbocycles. The van der Waals surface area contributed by atoms with Crippen molar-refractivity contribution >= 4 is 38.6 Å². The highest BCUT2D eigenvalue weighted by molar-refractivity contribution is 7.89. The molecule has 0 atom stereocenters. The first-order chi connectivity index (χ1) is 16.5. The Labute approximate surface area is 199 Å². The fraction of sp³-hybridized carbons (Fsp3) is 0.308. The quantitative estimate of drug-likeness (QED) is 0.397. The van der Waals surface area contributed by atoms with Crippen LogP contribution in [0.2, 0.25) is 0 Å². The van der Waals surface area contributed by atoms with Crippen LogP contribution in [-0.2, 0) is 14.8 Å². The summed E-state index contributed by atoms with van der Waals surface area (Å²) in [5.74, 6) is 0.643. The molecule has 2 saturated heterocycles. The van der Waals surface area contributed by atoms with Gasteiger partial charge >= 0.3 is 0 Å². The van der Waals surface area contributed by atoms with Crippen molar-refractivity contribution in [1.29, 1.82) is 0 Å². The first kappa shape index (κ1) is 22.7. The van der Waals surface area contributed by atoms with Crippen LogP contribution < -0.4 is 4.90 Å². The van der Waals surface area contributed by atoms with Crippen LogP contribution in [0.15, 0.2) is 65.6 Å². The molecule has 34 heavy (non-hydrogen) atoms. The van der Waals surface area contributed by atoms with Crippen LogP contribution in [0.25, 0.3) is 17.0 Å². The van der Waals surface area contributed by atoms with Gasteiger partial charge in [-0.2, -0.15) is 4.31 Å². The molecule has 0 bridgehead atoms. The number of ether oxygens (including phenoxy) is 1. The Hall–Kier alpha value is -3.07. The van der Waals surface area contributed by atoms with E-state index in [1.54, 1.807) is 18.2 Å². The van der Waals surface area contributed by atoms with E-state index < -0.39 is 10.0 Å². The topological polar surface area (TPSA) is 79.8 Å². The molecule has 3 heterocycles. The largest absolute Gasteiger partial charge is 0.378 e. The van der Waals surface area contributed by atoms with Crippen LogP contribution in [0.4, 0.5) is 5.82 Å². The normalized spacial score (nSPS) is 17.6. The van der Waals surface area contributed by atoms with Gasteiger partial charge < -0.3 is 9.64 Å². The summed E-state index contributed by atoms with van der Waals surface area (Å²) in [6.07, 6.45) is 5.09. The summed E-state index contributed by atoms with van der Waals surface area (Å²) in [4.78, 5) is 20.2. The lowest BCUT2D eigenvalue weighted by molar-refractivity contribution is 0.104. The van der Waals surface area contributed by atoms with Gasteiger partial charge in [0, 0.05) is 42.7 Å². The van der Waals surface area contributed by atoms with Gasteiger partial charge in [0.1, 0.15) is 5.82 Å². The third-order valence-electron chi connectivity index (χ3n) is 6.30. The average Bonchev–Trinajstić information content (AvgIpc) is 3.43. The molecular weight excluding hydrogens is 450 g/mol.